The van der Waals surface area contributed by atoms with Crippen LogP contribution >= 0.6 is 11.3 Å². The lowest BCUT2D eigenvalue weighted by Gasteiger charge is -2.13. The van der Waals surface area contributed by atoms with Gasteiger partial charge >= 0.3 is 6.18 Å². The van der Waals surface area contributed by atoms with E-state index in [1.165, 1.54) is 0 Å². The topological polar surface area (TPSA) is 24.9 Å². The minimum absolute atomic E-state index is 0.223. The fraction of sp³-hybridized carbons (Fsp3) is 0.769. The zero-order chi connectivity index (χ0) is 14.8. The van der Waals surface area contributed by atoms with Gasteiger partial charge in [0.05, 0.1) is 9.88 Å². The average molecular weight is 294 g/mol. The molecule has 1 heterocycles. The summed E-state index contributed by atoms with van der Waals surface area (Å²) in [5, 5.41) is 3.58. The Hall–Kier alpha value is -0.620. The van der Waals surface area contributed by atoms with Crippen LogP contribution in [-0.4, -0.2) is 11.5 Å². The summed E-state index contributed by atoms with van der Waals surface area (Å²) >= 11 is 1.15. The van der Waals surface area contributed by atoms with Crippen LogP contribution in [0.3, 0.4) is 0 Å². The van der Waals surface area contributed by atoms with Gasteiger partial charge in [-0.15, -0.1) is 11.3 Å². The Morgan fingerprint density at radius 2 is 1.79 bits per heavy atom. The first-order chi connectivity index (χ1) is 8.51. The first kappa shape index (κ1) is 16.4. The molecule has 1 aromatic heterocycles. The average Bonchev–Trinajstić information content (AvgIpc) is 2.59. The zero-order valence-electron chi connectivity index (χ0n) is 12.0. The summed E-state index contributed by atoms with van der Waals surface area (Å²) in [4.78, 5) is 4.08. The minimum atomic E-state index is -4.38. The van der Waals surface area contributed by atoms with Crippen LogP contribution in [0.4, 0.5) is 13.2 Å². The fourth-order valence-electron chi connectivity index (χ4n) is 1.49. The third-order valence-electron chi connectivity index (χ3n) is 2.45. The van der Waals surface area contributed by atoms with E-state index in [2.05, 4.69) is 10.3 Å². The lowest BCUT2D eigenvalue weighted by molar-refractivity contribution is -0.141. The summed E-state index contributed by atoms with van der Waals surface area (Å²) < 4.78 is 38.9. The van der Waals surface area contributed by atoms with Crippen molar-refractivity contribution >= 4 is 11.3 Å². The van der Waals surface area contributed by atoms with Gasteiger partial charge in [-0.3, -0.25) is 0 Å². The van der Waals surface area contributed by atoms with E-state index in [-0.39, 0.29) is 16.8 Å². The molecule has 0 aliphatic carbocycles. The molecule has 0 aliphatic heterocycles. The molecule has 0 spiro atoms. The van der Waals surface area contributed by atoms with E-state index in [4.69, 9.17) is 0 Å². The van der Waals surface area contributed by atoms with Gasteiger partial charge in [0.1, 0.15) is 0 Å². The third-order valence-corrected chi connectivity index (χ3v) is 3.93. The monoisotopic (exact) mass is 294 g/mol. The van der Waals surface area contributed by atoms with Gasteiger partial charge < -0.3 is 5.32 Å². The second-order valence-corrected chi connectivity index (χ2v) is 7.15. The van der Waals surface area contributed by atoms with E-state index in [1.807, 2.05) is 34.6 Å². The Morgan fingerprint density at radius 3 is 2.21 bits per heavy atom. The second kappa shape index (κ2) is 5.79. The summed E-state index contributed by atoms with van der Waals surface area (Å²) in [7, 11) is 0. The lowest BCUT2D eigenvalue weighted by atomic mass is 9.98. The van der Waals surface area contributed by atoms with E-state index < -0.39 is 11.9 Å². The first-order valence-corrected chi connectivity index (χ1v) is 7.11. The molecule has 0 radical (unpaired) electrons. The van der Waals surface area contributed by atoms with Gasteiger partial charge in [0, 0.05) is 12.0 Å². The van der Waals surface area contributed by atoms with Gasteiger partial charge in [-0.2, -0.15) is 13.2 Å². The Balaban J connectivity index is 2.97. The summed E-state index contributed by atoms with van der Waals surface area (Å²) in [6.45, 7) is 10.6. The zero-order valence-corrected chi connectivity index (χ0v) is 12.8. The predicted molar refractivity (Wildman–Crippen MR) is 72.4 cm³/mol. The standard InChI is InChI=1S/C13H21F3N2S/c1-8(2)6-17-7-9-10(13(14,15)16)18-11(19-9)12(3,4)5/h8,17H,6-7H2,1-5H3. The number of alkyl halides is 3. The number of hydrogen-bond donors (Lipinski definition) is 1. The Morgan fingerprint density at radius 1 is 1.21 bits per heavy atom. The molecule has 0 fully saturated rings. The highest BCUT2D eigenvalue weighted by Crippen LogP contribution is 2.37. The van der Waals surface area contributed by atoms with Crippen LogP contribution in [0.1, 0.15) is 50.2 Å². The summed E-state index contributed by atoms with van der Waals surface area (Å²) in [6.07, 6.45) is -4.38. The van der Waals surface area contributed by atoms with E-state index in [9.17, 15) is 13.2 Å². The van der Waals surface area contributed by atoms with E-state index in [0.29, 0.717) is 17.5 Å². The highest BCUT2D eigenvalue weighted by atomic mass is 32.1. The molecule has 0 saturated heterocycles. The fourth-order valence-corrected chi connectivity index (χ4v) is 2.60. The number of aromatic nitrogens is 1. The predicted octanol–water partition coefficient (Wildman–Crippen LogP) is 4.21. The molecule has 0 saturated carbocycles. The maximum absolute atomic E-state index is 13.0. The Bertz CT molecular complexity index is 417. The van der Waals surface area contributed by atoms with Crippen molar-refractivity contribution in [2.75, 3.05) is 6.54 Å². The van der Waals surface area contributed by atoms with Gasteiger partial charge in [0.25, 0.3) is 0 Å². The van der Waals surface area contributed by atoms with Crippen LogP contribution in [0.2, 0.25) is 0 Å². The number of nitrogens with one attached hydrogen (secondary N) is 1. The third kappa shape index (κ3) is 4.76. The van der Waals surface area contributed by atoms with Gasteiger partial charge in [-0.05, 0) is 12.5 Å². The van der Waals surface area contributed by atoms with Gasteiger partial charge in [-0.1, -0.05) is 34.6 Å². The van der Waals surface area contributed by atoms with Gasteiger partial charge in [-0.25, -0.2) is 4.98 Å². The van der Waals surface area contributed by atoms with E-state index >= 15 is 0 Å². The van der Waals surface area contributed by atoms with Crippen LogP contribution in [0.25, 0.3) is 0 Å². The maximum atomic E-state index is 13.0. The van der Waals surface area contributed by atoms with Crippen LogP contribution in [-0.2, 0) is 18.1 Å². The molecule has 1 N–H and O–H groups in total. The second-order valence-electron chi connectivity index (χ2n) is 6.06. The lowest BCUT2D eigenvalue weighted by Crippen LogP contribution is -2.20. The molecule has 19 heavy (non-hydrogen) atoms. The van der Waals surface area contributed by atoms with Crippen molar-refractivity contribution in [1.29, 1.82) is 0 Å². The molecule has 0 aromatic carbocycles. The Labute approximate surface area is 116 Å². The highest BCUT2D eigenvalue weighted by Gasteiger charge is 2.38. The van der Waals surface area contributed by atoms with Crippen LogP contribution in [0, 0.1) is 5.92 Å². The van der Waals surface area contributed by atoms with Crippen molar-refractivity contribution < 1.29 is 13.2 Å². The minimum Gasteiger partial charge on any atom is -0.312 e. The number of thiazole rings is 1. The van der Waals surface area contributed by atoms with Crippen molar-refractivity contribution in [2.45, 2.75) is 52.8 Å². The number of halogens is 3. The molecule has 110 valence electrons. The molecule has 6 heteroatoms. The van der Waals surface area contributed by atoms with Crippen LogP contribution < -0.4 is 5.32 Å². The normalized spacial score (nSPS) is 13.3. The smallest absolute Gasteiger partial charge is 0.312 e. The number of hydrogen-bond acceptors (Lipinski definition) is 3. The van der Waals surface area contributed by atoms with Gasteiger partial charge in [0.2, 0.25) is 0 Å². The molecule has 0 bridgehead atoms. The van der Waals surface area contributed by atoms with Crippen LogP contribution in [0.5, 0.6) is 0 Å². The highest BCUT2D eigenvalue weighted by molar-refractivity contribution is 7.11. The van der Waals surface area contributed by atoms with Crippen molar-refractivity contribution in [3.63, 3.8) is 0 Å². The molecule has 1 aromatic rings. The molecule has 0 atom stereocenters. The molecule has 0 aliphatic rings. The van der Waals surface area contributed by atoms with Crippen molar-refractivity contribution in [3.8, 4) is 0 Å². The molecule has 2 nitrogen and oxygen atoms in total. The molecule has 0 amide bonds. The van der Waals surface area contributed by atoms with Gasteiger partial charge in [0.15, 0.2) is 5.69 Å². The molecule has 1 rings (SSSR count). The largest absolute Gasteiger partial charge is 0.434 e. The van der Waals surface area contributed by atoms with E-state index in [0.717, 1.165) is 11.3 Å². The van der Waals surface area contributed by atoms with Crippen LogP contribution in [0.15, 0.2) is 0 Å². The van der Waals surface area contributed by atoms with E-state index in [1.54, 1.807) is 0 Å². The maximum Gasteiger partial charge on any atom is 0.434 e. The molecule has 0 unspecified atom stereocenters. The number of nitrogens with zero attached hydrogens (tertiary/aromatic N) is 1. The summed E-state index contributed by atoms with van der Waals surface area (Å²) in [6, 6.07) is 0. The SMILES string of the molecule is CC(C)CNCc1sc(C(C)(C)C)nc1C(F)(F)F. The molecular weight excluding hydrogens is 273 g/mol. The summed E-state index contributed by atoms with van der Waals surface area (Å²) in [5.74, 6) is 0.407. The molecular formula is C13H21F3N2S. The first-order valence-electron chi connectivity index (χ1n) is 6.30. The Kier molecular flexibility index (Phi) is 5.01. The van der Waals surface area contributed by atoms with Crippen molar-refractivity contribution in [2.24, 2.45) is 5.92 Å². The van der Waals surface area contributed by atoms with Crippen molar-refractivity contribution in [3.05, 3.63) is 15.6 Å². The number of rotatable bonds is 4. The summed E-state index contributed by atoms with van der Waals surface area (Å²) in [5.41, 5.74) is -1.10. The van der Waals surface area contributed by atoms with Crippen molar-refractivity contribution in [1.82, 2.24) is 10.3 Å². The quantitative estimate of drug-likeness (QED) is 0.900.